The van der Waals surface area contributed by atoms with Crippen LogP contribution in [0.1, 0.15) is 51.0 Å². The van der Waals surface area contributed by atoms with Crippen molar-refractivity contribution in [3.63, 3.8) is 0 Å². The first kappa shape index (κ1) is 20.8. The summed E-state index contributed by atoms with van der Waals surface area (Å²) in [5.41, 5.74) is 3.04. The van der Waals surface area contributed by atoms with Gasteiger partial charge < -0.3 is 4.57 Å². The summed E-state index contributed by atoms with van der Waals surface area (Å²) in [6.45, 7) is 0. The number of halogens is 1. The summed E-state index contributed by atoms with van der Waals surface area (Å²) in [4.78, 5) is 16.6. The van der Waals surface area contributed by atoms with E-state index in [4.69, 9.17) is 16.6 Å². The Hall–Kier alpha value is -2.44. The molecule has 0 saturated heterocycles. The van der Waals surface area contributed by atoms with E-state index in [9.17, 15) is 10.1 Å². The van der Waals surface area contributed by atoms with Crippen LogP contribution in [-0.2, 0) is 0 Å². The maximum Gasteiger partial charge on any atom is 0.269 e. The minimum absolute atomic E-state index is 0.109. The summed E-state index contributed by atoms with van der Waals surface area (Å²) in [6, 6.07) is 14.8. The highest BCUT2D eigenvalue weighted by molar-refractivity contribution is 7.07. The monoisotopic (exact) mass is 441 g/mol. The zero-order chi connectivity index (χ0) is 20.9. The lowest BCUT2D eigenvalue weighted by molar-refractivity contribution is -0.384. The second-order valence-electron chi connectivity index (χ2n) is 7.66. The van der Waals surface area contributed by atoms with Gasteiger partial charge in [0.05, 0.1) is 16.3 Å². The van der Waals surface area contributed by atoms with Crippen molar-refractivity contribution < 1.29 is 4.92 Å². The molecule has 0 unspecified atom stereocenters. The number of benzene rings is 2. The van der Waals surface area contributed by atoms with E-state index >= 15 is 0 Å². The predicted octanol–water partition coefficient (Wildman–Crippen LogP) is 7.30. The van der Waals surface area contributed by atoms with Crippen molar-refractivity contribution in [1.82, 2.24) is 4.57 Å². The van der Waals surface area contributed by atoms with E-state index in [1.807, 2.05) is 36.4 Å². The van der Waals surface area contributed by atoms with E-state index in [-0.39, 0.29) is 10.6 Å². The molecule has 3 aromatic rings. The van der Waals surface area contributed by atoms with Crippen LogP contribution in [0.15, 0.2) is 58.9 Å². The normalized spacial score (nSPS) is 16.2. The summed E-state index contributed by atoms with van der Waals surface area (Å²) in [5, 5.41) is 13.9. The Bertz CT molecular complexity index is 1060. The summed E-state index contributed by atoms with van der Waals surface area (Å²) in [6.07, 6.45) is 8.56. The fourth-order valence-corrected chi connectivity index (χ4v) is 5.15. The van der Waals surface area contributed by atoms with E-state index in [1.165, 1.54) is 32.1 Å². The summed E-state index contributed by atoms with van der Waals surface area (Å²) < 4.78 is 2.35. The van der Waals surface area contributed by atoms with E-state index < -0.39 is 0 Å². The van der Waals surface area contributed by atoms with Crippen LogP contribution >= 0.6 is 22.9 Å². The molecule has 1 fully saturated rings. The second kappa shape index (κ2) is 9.58. The highest BCUT2D eigenvalue weighted by atomic mass is 35.5. The summed E-state index contributed by atoms with van der Waals surface area (Å²) in [7, 11) is 0. The molecule has 0 N–H and O–H groups in total. The molecule has 0 radical (unpaired) electrons. The molecule has 4 rings (SSSR count). The van der Waals surface area contributed by atoms with Gasteiger partial charge in [0.2, 0.25) is 0 Å². The number of non-ortho nitro benzene ring substituents is 1. The van der Waals surface area contributed by atoms with Crippen molar-refractivity contribution in [2.45, 2.75) is 51.0 Å². The predicted molar refractivity (Wildman–Crippen MR) is 122 cm³/mol. The highest BCUT2D eigenvalue weighted by Gasteiger charge is 2.19. The lowest BCUT2D eigenvalue weighted by Gasteiger charge is -2.23. The maximum absolute atomic E-state index is 11.0. The molecule has 30 heavy (non-hydrogen) atoms. The Morgan fingerprint density at radius 2 is 1.60 bits per heavy atom. The van der Waals surface area contributed by atoms with Crippen LogP contribution in [0, 0.1) is 10.1 Å². The van der Waals surface area contributed by atoms with E-state index in [0.29, 0.717) is 11.1 Å². The van der Waals surface area contributed by atoms with Crippen molar-refractivity contribution in [2.75, 3.05) is 0 Å². The van der Waals surface area contributed by atoms with E-state index in [1.54, 1.807) is 23.5 Å². The number of thiazole rings is 1. The second-order valence-corrected chi connectivity index (χ2v) is 8.94. The molecule has 7 heteroatoms. The van der Waals surface area contributed by atoms with Gasteiger partial charge in [-0.1, -0.05) is 43.7 Å². The number of hydrogen-bond acceptors (Lipinski definition) is 4. The van der Waals surface area contributed by atoms with Crippen LogP contribution in [0.2, 0.25) is 5.02 Å². The number of hydrogen-bond donors (Lipinski definition) is 0. The molecule has 1 aromatic heterocycles. The molecule has 5 nitrogen and oxygen atoms in total. The number of aromatic nitrogens is 1. The minimum atomic E-state index is -0.360. The largest absolute Gasteiger partial charge is 0.313 e. The van der Waals surface area contributed by atoms with Crippen LogP contribution in [0.25, 0.3) is 11.3 Å². The average Bonchev–Trinajstić information content (AvgIpc) is 3.13. The van der Waals surface area contributed by atoms with Gasteiger partial charge in [-0.3, -0.25) is 10.1 Å². The molecule has 156 valence electrons. The minimum Gasteiger partial charge on any atom is -0.313 e. The van der Waals surface area contributed by atoms with Crippen molar-refractivity contribution in [2.24, 2.45) is 4.99 Å². The Morgan fingerprint density at radius 3 is 2.23 bits per heavy atom. The molecule has 1 heterocycles. The fourth-order valence-electron chi connectivity index (χ4n) is 4.04. The van der Waals surface area contributed by atoms with Gasteiger partial charge in [-0.2, -0.15) is 0 Å². The zero-order valence-corrected chi connectivity index (χ0v) is 18.2. The summed E-state index contributed by atoms with van der Waals surface area (Å²) >= 11 is 7.64. The Labute approximate surface area is 184 Å². The molecule has 1 aliphatic carbocycles. The first-order chi connectivity index (χ1) is 14.6. The molecule has 2 aromatic carbocycles. The third-order valence-corrected chi connectivity index (χ3v) is 6.70. The molecule has 1 aliphatic rings. The molecule has 0 atom stereocenters. The zero-order valence-electron chi connectivity index (χ0n) is 16.7. The number of rotatable bonds is 4. The van der Waals surface area contributed by atoms with Gasteiger partial charge in [0, 0.05) is 28.6 Å². The average molecular weight is 442 g/mol. The van der Waals surface area contributed by atoms with Gasteiger partial charge in [0.15, 0.2) is 4.80 Å². The molecular formula is C23H24ClN3O2S. The molecular weight excluding hydrogens is 418 g/mol. The number of nitrogens with zero attached hydrogens (tertiary/aromatic N) is 3. The van der Waals surface area contributed by atoms with Gasteiger partial charge in [-0.05, 0) is 54.8 Å². The highest BCUT2D eigenvalue weighted by Crippen LogP contribution is 2.32. The molecule has 0 amide bonds. The number of nitro groups is 1. The molecule has 0 bridgehead atoms. The van der Waals surface area contributed by atoms with Crippen LogP contribution in [0.3, 0.4) is 0 Å². The molecule has 0 spiro atoms. The quantitative estimate of drug-likeness (QED) is 0.315. The van der Waals surface area contributed by atoms with E-state index in [0.717, 1.165) is 34.6 Å². The summed E-state index contributed by atoms with van der Waals surface area (Å²) in [5.74, 6) is 0. The van der Waals surface area contributed by atoms with Gasteiger partial charge in [0.25, 0.3) is 5.69 Å². The Kier molecular flexibility index (Phi) is 6.65. The Morgan fingerprint density at radius 1 is 0.967 bits per heavy atom. The third-order valence-electron chi connectivity index (χ3n) is 5.61. The van der Waals surface area contributed by atoms with Crippen LogP contribution in [0.5, 0.6) is 0 Å². The van der Waals surface area contributed by atoms with Crippen molar-refractivity contribution >= 4 is 34.3 Å². The first-order valence-electron chi connectivity index (χ1n) is 10.4. The van der Waals surface area contributed by atoms with Crippen molar-refractivity contribution in [3.8, 4) is 11.3 Å². The standard InChI is InChI=1S/C23H24ClN3O2S/c24-18-10-12-19(13-11-18)25-23-26(20-6-4-2-1-3-5-7-20)22(16-30-23)17-8-14-21(15-9-17)27(28)29/h8-16,20H,1-7H2. The van der Waals surface area contributed by atoms with Gasteiger partial charge in [-0.25, -0.2) is 4.99 Å². The van der Waals surface area contributed by atoms with Crippen LogP contribution in [0.4, 0.5) is 11.4 Å². The van der Waals surface area contributed by atoms with Crippen LogP contribution in [-0.4, -0.2) is 9.49 Å². The first-order valence-corrected chi connectivity index (χ1v) is 11.6. The smallest absolute Gasteiger partial charge is 0.269 e. The fraction of sp³-hybridized carbons (Fsp3) is 0.348. The van der Waals surface area contributed by atoms with Gasteiger partial charge in [-0.15, -0.1) is 11.3 Å². The van der Waals surface area contributed by atoms with E-state index in [2.05, 4.69) is 9.95 Å². The molecule has 0 aliphatic heterocycles. The van der Waals surface area contributed by atoms with Gasteiger partial charge >= 0.3 is 0 Å². The molecule has 1 saturated carbocycles. The van der Waals surface area contributed by atoms with Gasteiger partial charge in [0.1, 0.15) is 0 Å². The lowest BCUT2D eigenvalue weighted by atomic mass is 9.96. The maximum atomic E-state index is 11.0. The number of nitro benzene ring substituents is 1. The van der Waals surface area contributed by atoms with Crippen LogP contribution < -0.4 is 4.80 Å². The third kappa shape index (κ3) is 4.82. The Balaban J connectivity index is 1.80. The topological polar surface area (TPSA) is 60.4 Å². The lowest BCUT2D eigenvalue weighted by Crippen LogP contribution is -2.22. The van der Waals surface area contributed by atoms with Crippen molar-refractivity contribution in [1.29, 1.82) is 0 Å². The van der Waals surface area contributed by atoms with Crippen molar-refractivity contribution in [3.05, 3.63) is 73.8 Å². The SMILES string of the molecule is O=[N+]([O-])c1ccc(-c2csc(=Nc3ccc(Cl)cc3)n2C2CCCCCCC2)cc1.